The topological polar surface area (TPSA) is 29.5 Å². The summed E-state index contributed by atoms with van der Waals surface area (Å²) in [6.07, 6.45) is 1.41. The second-order valence-electron chi connectivity index (χ2n) is 5.26. The molecule has 0 saturated heterocycles. The first-order valence-corrected chi connectivity index (χ1v) is 7.22. The summed E-state index contributed by atoms with van der Waals surface area (Å²) in [5.41, 5.74) is 2.43. The molecule has 1 unspecified atom stereocenters. The molecule has 2 heterocycles. The van der Waals surface area contributed by atoms with Crippen molar-refractivity contribution in [2.45, 2.75) is 25.6 Å². The monoisotopic (exact) mass is 272 g/mol. The van der Waals surface area contributed by atoms with Gasteiger partial charge in [0.05, 0.1) is 0 Å². The van der Waals surface area contributed by atoms with Crippen LogP contribution in [0.15, 0.2) is 47.2 Å². The molecule has 0 amide bonds. The normalized spacial score (nSPS) is 18.2. The van der Waals surface area contributed by atoms with E-state index in [-0.39, 0.29) is 0 Å². The Balaban J connectivity index is 2.10. The number of rotatable bonds is 2. The second kappa shape index (κ2) is 4.51. The van der Waals surface area contributed by atoms with E-state index >= 15 is 0 Å². The zero-order valence-electron chi connectivity index (χ0n) is 11.0. The minimum absolute atomic E-state index is 0.402. The SMILES string of the molecule is CC1(C)C=C(C(O)c2ccsc2)c2ccccc2O1. The molecule has 1 aliphatic heterocycles. The van der Waals surface area contributed by atoms with Crippen LogP contribution in [0.25, 0.3) is 5.57 Å². The highest BCUT2D eigenvalue weighted by molar-refractivity contribution is 7.08. The number of aliphatic hydroxyl groups excluding tert-OH is 1. The number of benzene rings is 1. The van der Waals surface area contributed by atoms with Crippen LogP contribution in [0.5, 0.6) is 5.75 Å². The number of para-hydroxylation sites is 1. The van der Waals surface area contributed by atoms with Crippen LogP contribution >= 0.6 is 11.3 Å². The molecule has 1 aliphatic rings. The summed E-state index contributed by atoms with van der Waals surface area (Å²) in [6, 6.07) is 9.82. The fraction of sp³-hybridized carbons (Fsp3) is 0.250. The van der Waals surface area contributed by atoms with Crippen molar-refractivity contribution in [1.29, 1.82) is 0 Å². The number of hydrogen-bond donors (Lipinski definition) is 1. The van der Waals surface area contributed by atoms with Gasteiger partial charge in [0, 0.05) is 5.56 Å². The quantitative estimate of drug-likeness (QED) is 0.894. The van der Waals surface area contributed by atoms with Crippen molar-refractivity contribution in [3.63, 3.8) is 0 Å². The van der Waals surface area contributed by atoms with Crippen molar-refractivity contribution in [2.75, 3.05) is 0 Å². The van der Waals surface area contributed by atoms with Crippen molar-refractivity contribution >= 4 is 16.9 Å². The van der Waals surface area contributed by atoms with Crippen LogP contribution in [0.4, 0.5) is 0 Å². The number of thiophene rings is 1. The van der Waals surface area contributed by atoms with Gasteiger partial charge in [-0.15, -0.1) is 0 Å². The van der Waals surface area contributed by atoms with E-state index in [2.05, 4.69) is 0 Å². The predicted molar refractivity (Wildman–Crippen MR) is 78.4 cm³/mol. The molecule has 0 aliphatic carbocycles. The second-order valence-corrected chi connectivity index (χ2v) is 6.04. The molecule has 0 fully saturated rings. The van der Waals surface area contributed by atoms with Gasteiger partial charge in [-0.1, -0.05) is 18.2 Å². The average molecular weight is 272 g/mol. The third-order valence-corrected chi connectivity index (χ3v) is 3.93. The summed E-state index contributed by atoms with van der Waals surface area (Å²) < 4.78 is 5.93. The van der Waals surface area contributed by atoms with E-state index in [9.17, 15) is 5.11 Å². The molecule has 19 heavy (non-hydrogen) atoms. The van der Waals surface area contributed by atoms with Gasteiger partial charge >= 0.3 is 0 Å². The zero-order valence-corrected chi connectivity index (χ0v) is 11.8. The highest BCUT2D eigenvalue weighted by Crippen LogP contribution is 2.42. The van der Waals surface area contributed by atoms with Crippen LogP contribution < -0.4 is 4.74 Å². The fourth-order valence-corrected chi connectivity index (χ4v) is 3.07. The third-order valence-electron chi connectivity index (χ3n) is 3.23. The van der Waals surface area contributed by atoms with E-state index in [0.29, 0.717) is 0 Å². The molecule has 1 N–H and O–H groups in total. The third kappa shape index (κ3) is 2.31. The summed E-state index contributed by atoms with van der Waals surface area (Å²) in [5, 5.41) is 14.6. The zero-order chi connectivity index (χ0) is 13.5. The molecular weight excluding hydrogens is 256 g/mol. The van der Waals surface area contributed by atoms with E-state index in [1.165, 1.54) is 0 Å². The first-order chi connectivity index (χ1) is 9.07. The molecule has 0 saturated carbocycles. The lowest BCUT2D eigenvalue weighted by molar-refractivity contribution is 0.152. The van der Waals surface area contributed by atoms with Crippen molar-refractivity contribution < 1.29 is 9.84 Å². The van der Waals surface area contributed by atoms with Gasteiger partial charge in [0.15, 0.2) is 0 Å². The van der Waals surface area contributed by atoms with Gasteiger partial charge in [-0.3, -0.25) is 0 Å². The van der Waals surface area contributed by atoms with Crippen LogP contribution in [-0.2, 0) is 0 Å². The number of fused-ring (bicyclic) bond motifs is 1. The van der Waals surface area contributed by atoms with E-state index in [1.807, 2.05) is 61.0 Å². The van der Waals surface area contributed by atoms with Crippen molar-refractivity contribution in [2.24, 2.45) is 0 Å². The molecule has 3 heteroatoms. The maximum Gasteiger partial charge on any atom is 0.128 e. The van der Waals surface area contributed by atoms with Crippen LogP contribution in [0, 0.1) is 0 Å². The minimum atomic E-state index is -0.601. The summed E-state index contributed by atoms with van der Waals surface area (Å²) in [6.45, 7) is 4.01. The van der Waals surface area contributed by atoms with Gasteiger partial charge < -0.3 is 9.84 Å². The highest BCUT2D eigenvalue weighted by atomic mass is 32.1. The molecular formula is C16H16O2S. The molecule has 1 aromatic carbocycles. The average Bonchev–Trinajstić information content (AvgIpc) is 2.89. The maximum absolute atomic E-state index is 10.6. The molecule has 98 valence electrons. The van der Waals surface area contributed by atoms with Crippen LogP contribution in [0.1, 0.15) is 31.1 Å². The van der Waals surface area contributed by atoms with Gasteiger partial charge in [-0.25, -0.2) is 0 Å². The molecule has 2 aromatic rings. The molecule has 0 bridgehead atoms. The fourth-order valence-electron chi connectivity index (χ4n) is 2.40. The van der Waals surface area contributed by atoms with E-state index < -0.39 is 11.7 Å². The summed E-state index contributed by atoms with van der Waals surface area (Å²) in [5.74, 6) is 0.833. The Labute approximate surface area is 117 Å². The summed E-state index contributed by atoms with van der Waals surface area (Å²) >= 11 is 1.59. The number of hydrogen-bond acceptors (Lipinski definition) is 3. The Morgan fingerprint density at radius 2 is 2.00 bits per heavy atom. The first-order valence-electron chi connectivity index (χ1n) is 6.28. The largest absolute Gasteiger partial charge is 0.483 e. The van der Waals surface area contributed by atoms with Gasteiger partial charge in [-0.2, -0.15) is 11.3 Å². The van der Waals surface area contributed by atoms with Crippen molar-refractivity contribution in [3.8, 4) is 5.75 Å². The van der Waals surface area contributed by atoms with Crippen molar-refractivity contribution in [3.05, 3.63) is 58.3 Å². The van der Waals surface area contributed by atoms with Gasteiger partial charge in [0.2, 0.25) is 0 Å². The van der Waals surface area contributed by atoms with Gasteiger partial charge in [0.1, 0.15) is 17.5 Å². The lowest BCUT2D eigenvalue weighted by Crippen LogP contribution is -2.29. The maximum atomic E-state index is 10.6. The van der Waals surface area contributed by atoms with E-state index in [1.54, 1.807) is 11.3 Å². The molecule has 1 aromatic heterocycles. The highest BCUT2D eigenvalue weighted by Gasteiger charge is 2.29. The standard InChI is InChI=1S/C16H16O2S/c1-16(2)9-13(15(17)11-7-8-19-10-11)12-5-3-4-6-14(12)18-16/h3-10,15,17H,1-2H3. The van der Waals surface area contributed by atoms with Crippen LogP contribution in [0.2, 0.25) is 0 Å². The van der Waals surface area contributed by atoms with Gasteiger partial charge in [0.25, 0.3) is 0 Å². The smallest absolute Gasteiger partial charge is 0.128 e. The van der Waals surface area contributed by atoms with E-state index in [0.717, 1.165) is 22.4 Å². The number of ether oxygens (including phenoxy) is 1. The van der Waals surface area contributed by atoms with E-state index in [4.69, 9.17) is 4.74 Å². The predicted octanol–water partition coefficient (Wildman–Crippen LogP) is 4.04. The van der Waals surface area contributed by atoms with Gasteiger partial charge in [-0.05, 0) is 54.0 Å². The molecule has 0 radical (unpaired) electrons. The summed E-state index contributed by atoms with van der Waals surface area (Å²) in [7, 11) is 0. The Hall–Kier alpha value is -1.58. The van der Waals surface area contributed by atoms with Crippen molar-refractivity contribution in [1.82, 2.24) is 0 Å². The molecule has 2 nitrogen and oxygen atoms in total. The van der Waals surface area contributed by atoms with Crippen LogP contribution in [-0.4, -0.2) is 10.7 Å². The first kappa shape index (κ1) is 12.5. The Morgan fingerprint density at radius 1 is 1.21 bits per heavy atom. The Morgan fingerprint density at radius 3 is 2.74 bits per heavy atom. The molecule has 0 spiro atoms. The lowest BCUT2D eigenvalue weighted by atomic mass is 9.89. The number of aliphatic hydroxyl groups is 1. The Bertz CT molecular complexity index is 611. The molecule has 3 rings (SSSR count). The Kier molecular flexibility index (Phi) is 2.96. The minimum Gasteiger partial charge on any atom is -0.483 e. The lowest BCUT2D eigenvalue weighted by Gasteiger charge is -2.32. The summed E-state index contributed by atoms with van der Waals surface area (Å²) in [4.78, 5) is 0. The molecule has 1 atom stereocenters. The van der Waals surface area contributed by atoms with Crippen LogP contribution in [0.3, 0.4) is 0 Å².